The minimum atomic E-state index is 0.538. The van der Waals surface area contributed by atoms with E-state index in [2.05, 4.69) is 17.2 Å². The summed E-state index contributed by atoms with van der Waals surface area (Å²) in [6, 6.07) is 6.17. The molecule has 0 atom stereocenters. The van der Waals surface area contributed by atoms with E-state index in [1.807, 2.05) is 12.1 Å². The molecule has 1 aliphatic rings. The maximum Gasteiger partial charge on any atom is 0.124 e. The summed E-state index contributed by atoms with van der Waals surface area (Å²) in [7, 11) is 0. The molecule has 0 spiro atoms. The molecule has 0 aromatic heterocycles. The fourth-order valence-corrected chi connectivity index (χ4v) is 3.19. The monoisotopic (exact) mass is 280 g/mol. The molecule has 2 N–H and O–H groups in total. The summed E-state index contributed by atoms with van der Waals surface area (Å²) < 4.78 is 5.94. The van der Waals surface area contributed by atoms with Crippen LogP contribution in [0.2, 0.25) is 0 Å². The van der Waals surface area contributed by atoms with Gasteiger partial charge in [0.1, 0.15) is 12.4 Å². The Bertz CT molecular complexity index is 392. The van der Waals surface area contributed by atoms with Gasteiger partial charge in [-0.05, 0) is 44.3 Å². The highest BCUT2D eigenvalue weighted by atomic mass is 32.2. The molecule has 0 bridgehead atoms. The van der Waals surface area contributed by atoms with Crippen LogP contribution in [0.3, 0.4) is 0 Å². The van der Waals surface area contributed by atoms with Crippen LogP contribution in [0.15, 0.2) is 23.1 Å². The molecule has 0 saturated carbocycles. The van der Waals surface area contributed by atoms with Gasteiger partial charge < -0.3 is 10.5 Å². The van der Waals surface area contributed by atoms with Gasteiger partial charge in [-0.3, -0.25) is 4.90 Å². The standard InChI is InChI=1S/C15H24N2OS/c1-19-15-7-5-6-14(13(15)12-16)18-11-10-17-8-3-2-4-9-17/h5-7H,2-4,8-12,16H2,1H3. The zero-order valence-electron chi connectivity index (χ0n) is 11.7. The summed E-state index contributed by atoms with van der Waals surface area (Å²) in [5.74, 6) is 0.950. The van der Waals surface area contributed by atoms with Gasteiger partial charge >= 0.3 is 0 Å². The molecule has 1 aliphatic heterocycles. The summed E-state index contributed by atoms with van der Waals surface area (Å²) in [4.78, 5) is 3.71. The smallest absolute Gasteiger partial charge is 0.124 e. The van der Waals surface area contributed by atoms with Crippen molar-refractivity contribution in [2.75, 3.05) is 32.5 Å². The molecule has 1 heterocycles. The number of hydrogen-bond donors (Lipinski definition) is 1. The lowest BCUT2D eigenvalue weighted by molar-refractivity contribution is 0.182. The zero-order valence-corrected chi connectivity index (χ0v) is 12.5. The number of piperidine rings is 1. The maximum absolute atomic E-state index is 5.94. The fraction of sp³-hybridized carbons (Fsp3) is 0.600. The molecular weight excluding hydrogens is 256 g/mol. The highest BCUT2D eigenvalue weighted by Gasteiger charge is 2.11. The van der Waals surface area contributed by atoms with E-state index in [-0.39, 0.29) is 0 Å². The number of hydrogen-bond acceptors (Lipinski definition) is 4. The van der Waals surface area contributed by atoms with E-state index in [0.717, 1.165) is 24.5 Å². The SMILES string of the molecule is CSc1cccc(OCCN2CCCCC2)c1CN. The van der Waals surface area contributed by atoms with Crippen molar-refractivity contribution in [3.63, 3.8) is 0 Å². The summed E-state index contributed by atoms with van der Waals surface area (Å²) in [5, 5.41) is 0. The van der Waals surface area contributed by atoms with E-state index in [9.17, 15) is 0 Å². The third-order valence-corrected chi connectivity index (χ3v) is 4.45. The quantitative estimate of drug-likeness (QED) is 0.813. The first-order chi connectivity index (χ1) is 9.35. The van der Waals surface area contributed by atoms with Gasteiger partial charge in [-0.15, -0.1) is 11.8 Å². The Hall–Kier alpha value is -0.710. The van der Waals surface area contributed by atoms with Crippen LogP contribution in [0.25, 0.3) is 0 Å². The highest BCUT2D eigenvalue weighted by molar-refractivity contribution is 7.98. The summed E-state index contributed by atoms with van der Waals surface area (Å²) in [6.45, 7) is 4.75. The van der Waals surface area contributed by atoms with Crippen LogP contribution in [-0.2, 0) is 6.54 Å². The first-order valence-corrected chi connectivity index (χ1v) is 8.28. The molecule has 1 aromatic rings. The topological polar surface area (TPSA) is 38.5 Å². The van der Waals surface area contributed by atoms with E-state index in [4.69, 9.17) is 10.5 Å². The molecule has 1 fully saturated rings. The number of benzene rings is 1. The number of ether oxygens (including phenoxy) is 1. The molecule has 2 rings (SSSR count). The van der Waals surface area contributed by atoms with Crippen molar-refractivity contribution < 1.29 is 4.74 Å². The molecule has 0 amide bonds. The summed E-state index contributed by atoms with van der Waals surface area (Å²) in [5.41, 5.74) is 6.97. The van der Waals surface area contributed by atoms with Gasteiger partial charge in [-0.25, -0.2) is 0 Å². The second kappa shape index (κ2) is 7.78. The molecule has 0 aliphatic carbocycles. The molecule has 3 nitrogen and oxygen atoms in total. The van der Waals surface area contributed by atoms with Crippen molar-refractivity contribution >= 4 is 11.8 Å². The Kier molecular flexibility index (Phi) is 6.01. The number of nitrogens with two attached hydrogens (primary N) is 1. The molecular formula is C15H24N2OS. The molecule has 1 aromatic carbocycles. The molecule has 4 heteroatoms. The normalized spacial score (nSPS) is 16.5. The van der Waals surface area contributed by atoms with Gasteiger partial charge in [-0.2, -0.15) is 0 Å². The predicted molar refractivity (Wildman–Crippen MR) is 81.9 cm³/mol. The second-order valence-corrected chi connectivity index (χ2v) is 5.74. The fourth-order valence-electron chi connectivity index (χ4n) is 2.54. The summed E-state index contributed by atoms with van der Waals surface area (Å²) in [6.07, 6.45) is 6.11. The van der Waals surface area contributed by atoms with Crippen LogP contribution in [0.4, 0.5) is 0 Å². The van der Waals surface area contributed by atoms with Crippen LogP contribution < -0.4 is 10.5 Å². The van der Waals surface area contributed by atoms with Crippen molar-refractivity contribution in [2.45, 2.75) is 30.7 Å². The van der Waals surface area contributed by atoms with Crippen LogP contribution in [0.1, 0.15) is 24.8 Å². The Balaban J connectivity index is 1.88. The molecule has 106 valence electrons. The van der Waals surface area contributed by atoms with E-state index < -0.39 is 0 Å². The van der Waals surface area contributed by atoms with E-state index >= 15 is 0 Å². The molecule has 0 unspecified atom stereocenters. The molecule has 19 heavy (non-hydrogen) atoms. The maximum atomic E-state index is 5.94. The largest absolute Gasteiger partial charge is 0.492 e. The van der Waals surface area contributed by atoms with Crippen molar-refractivity contribution in [3.05, 3.63) is 23.8 Å². The van der Waals surface area contributed by atoms with Gasteiger partial charge in [-0.1, -0.05) is 12.5 Å². The van der Waals surface area contributed by atoms with Crippen molar-refractivity contribution in [1.82, 2.24) is 4.90 Å². The van der Waals surface area contributed by atoms with Gasteiger partial charge in [0.2, 0.25) is 0 Å². The van der Waals surface area contributed by atoms with Gasteiger partial charge in [0.05, 0.1) is 0 Å². The first kappa shape index (κ1) is 14.7. The Morgan fingerprint density at radius 1 is 1.26 bits per heavy atom. The summed E-state index contributed by atoms with van der Waals surface area (Å²) >= 11 is 1.73. The second-order valence-electron chi connectivity index (χ2n) is 4.89. The highest BCUT2D eigenvalue weighted by Crippen LogP contribution is 2.28. The van der Waals surface area contributed by atoms with Crippen LogP contribution in [0, 0.1) is 0 Å². The lowest BCUT2D eigenvalue weighted by Gasteiger charge is -2.26. The average molecular weight is 280 g/mol. The average Bonchev–Trinajstić information content (AvgIpc) is 2.48. The lowest BCUT2D eigenvalue weighted by Crippen LogP contribution is -2.33. The Labute approximate surface area is 120 Å². The lowest BCUT2D eigenvalue weighted by atomic mass is 10.1. The van der Waals surface area contributed by atoms with E-state index in [0.29, 0.717) is 6.54 Å². The van der Waals surface area contributed by atoms with Crippen molar-refractivity contribution in [2.24, 2.45) is 5.73 Å². The van der Waals surface area contributed by atoms with Crippen molar-refractivity contribution in [3.8, 4) is 5.75 Å². The Morgan fingerprint density at radius 3 is 2.74 bits per heavy atom. The van der Waals surface area contributed by atoms with E-state index in [1.54, 1.807) is 11.8 Å². The number of nitrogens with zero attached hydrogens (tertiary/aromatic N) is 1. The van der Waals surface area contributed by atoms with Crippen LogP contribution in [-0.4, -0.2) is 37.4 Å². The number of rotatable bonds is 6. The number of thioether (sulfide) groups is 1. The van der Waals surface area contributed by atoms with Gasteiger partial charge in [0, 0.05) is 23.5 Å². The van der Waals surface area contributed by atoms with Gasteiger partial charge in [0.15, 0.2) is 0 Å². The third kappa shape index (κ3) is 4.13. The van der Waals surface area contributed by atoms with Gasteiger partial charge in [0.25, 0.3) is 0 Å². The van der Waals surface area contributed by atoms with E-state index in [1.165, 1.54) is 37.2 Å². The third-order valence-electron chi connectivity index (χ3n) is 3.63. The minimum Gasteiger partial charge on any atom is -0.492 e. The zero-order chi connectivity index (χ0) is 13.5. The first-order valence-electron chi connectivity index (χ1n) is 7.06. The minimum absolute atomic E-state index is 0.538. The predicted octanol–water partition coefficient (Wildman–Crippen LogP) is 2.73. The van der Waals surface area contributed by atoms with Crippen molar-refractivity contribution in [1.29, 1.82) is 0 Å². The Morgan fingerprint density at radius 2 is 2.05 bits per heavy atom. The molecule has 1 saturated heterocycles. The van der Waals surface area contributed by atoms with Crippen LogP contribution >= 0.6 is 11.8 Å². The van der Waals surface area contributed by atoms with Crippen LogP contribution in [0.5, 0.6) is 5.75 Å². The number of likely N-dealkylation sites (tertiary alicyclic amines) is 1. The molecule has 0 radical (unpaired) electrons.